The SMILES string of the molecule is NCCNc1nc2cc(C(F)(F)F)ccc2o1. The number of rotatable bonds is 3. The summed E-state index contributed by atoms with van der Waals surface area (Å²) in [5.74, 6) is 0. The van der Waals surface area contributed by atoms with Gasteiger partial charge in [0, 0.05) is 13.1 Å². The number of nitrogens with two attached hydrogens (primary N) is 1. The summed E-state index contributed by atoms with van der Waals surface area (Å²) in [6.45, 7) is 0.825. The zero-order valence-corrected chi connectivity index (χ0v) is 8.71. The third-order valence-electron chi connectivity index (χ3n) is 2.14. The van der Waals surface area contributed by atoms with Crippen LogP contribution in [0.3, 0.4) is 0 Å². The lowest BCUT2D eigenvalue weighted by Gasteiger charge is -2.04. The standard InChI is InChI=1S/C10H10F3N3O/c11-10(12,13)6-1-2-8-7(5-6)16-9(17-8)15-4-3-14/h1-2,5H,3-4,14H2,(H,15,16). The minimum Gasteiger partial charge on any atom is -0.424 e. The Labute approximate surface area is 94.6 Å². The second kappa shape index (κ2) is 4.25. The number of fused-ring (bicyclic) bond motifs is 1. The van der Waals surface area contributed by atoms with Gasteiger partial charge in [-0.2, -0.15) is 18.2 Å². The quantitative estimate of drug-likeness (QED) is 0.870. The third-order valence-corrected chi connectivity index (χ3v) is 2.14. The number of nitrogens with one attached hydrogen (secondary N) is 1. The third kappa shape index (κ3) is 2.50. The summed E-state index contributed by atoms with van der Waals surface area (Å²) in [5, 5.41) is 2.76. The summed E-state index contributed by atoms with van der Waals surface area (Å²) in [4.78, 5) is 3.89. The number of hydrogen-bond donors (Lipinski definition) is 2. The molecule has 2 rings (SSSR count). The van der Waals surface area contributed by atoms with E-state index >= 15 is 0 Å². The van der Waals surface area contributed by atoms with E-state index < -0.39 is 11.7 Å². The smallest absolute Gasteiger partial charge is 0.416 e. The van der Waals surface area contributed by atoms with Gasteiger partial charge in [-0.25, -0.2) is 0 Å². The van der Waals surface area contributed by atoms with E-state index in [0.717, 1.165) is 12.1 Å². The normalized spacial score (nSPS) is 12.0. The molecule has 0 spiro atoms. The second-order valence-corrected chi connectivity index (χ2v) is 3.41. The minimum absolute atomic E-state index is 0.166. The molecule has 2 aromatic rings. The number of hydrogen-bond acceptors (Lipinski definition) is 4. The minimum atomic E-state index is -4.38. The fourth-order valence-electron chi connectivity index (χ4n) is 1.36. The van der Waals surface area contributed by atoms with Crippen molar-refractivity contribution in [2.75, 3.05) is 18.4 Å². The van der Waals surface area contributed by atoms with Gasteiger partial charge in [-0.3, -0.25) is 0 Å². The summed E-state index contributed by atoms with van der Waals surface area (Å²) >= 11 is 0. The highest BCUT2D eigenvalue weighted by molar-refractivity contribution is 5.75. The van der Waals surface area contributed by atoms with Crippen molar-refractivity contribution in [2.24, 2.45) is 5.73 Å². The number of nitrogens with zero attached hydrogens (tertiary/aromatic N) is 1. The Morgan fingerprint density at radius 1 is 1.35 bits per heavy atom. The van der Waals surface area contributed by atoms with Crippen molar-refractivity contribution in [2.45, 2.75) is 6.18 Å². The predicted molar refractivity (Wildman–Crippen MR) is 56.6 cm³/mol. The van der Waals surface area contributed by atoms with Crippen LogP contribution in [-0.4, -0.2) is 18.1 Å². The highest BCUT2D eigenvalue weighted by atomic mass is 19.4. The van der Waals surface area contributed by atoms with Crippen molar-refractivity contribution in [1.29, 1.82) is 0 Å². The molecule has 0 amide bonds. The Hall–Kier alpha value is -1.76. The van der Waals surface area contributed by atoms with E-state index in [-0.39, 0.29) is 11.5 Å². The van der Waals surface area contributed by atoms with E-state index in [0.29, 0.717) is 18.7 Å². The van der Waals surface area contributed by atoms with Gasteiger partial charge < -0.3 is 15.5 Å². The molecule has 4 nitrogen and oxygen atoms in total. The van der Waals surface area contributed by atoms with Crippen molar-refractivity contribution >= 4 is 17.1 Å². The van der Waals surface area contributed by atoms with Gasteiger partial charge in [-0.05, 0) is 18.2 Å². The van der Waals surface area contributed by atoms with Crippen LogP contribution in [0.2, 0.25) is 0 Å². The molecular formula is C10H10F3N3O. The van der Waals surface area contributed by atoms with Crippen LogP contribution in [-0.2, 0) is 6.18 Å². The molecule has 0 aliphatic carbocycles. The molecule has 0 aliphatic heterocycles. The van der Waals surface area contributed by atoms with Crippen LogP contribution in [0.1, 0.15) is 5.56 Å². The maximum Gasteiger partial charge on any atom is 0.416 e. The number of aromatic nitrogens is 1. The average Bonchev–Trinajstić information content (AvgIpc) is 2.66. The maximum absolute atomic E-state index is 12.4. The van der Waals surface area contributed by atoms with Crippen molar-refractivity contribution in [3.05, 3.63) is 23.8 Å². The van der Waals surface area contributed by atoms with Gasteiger partial charge in [0.2, 0.25) is 0 Å². The molecule has 0 saturated carbocycles. The van der Waals surface area contributed by atoms with E-state index in [2.05, 4.69) is 10.3 Å². The Morgan fingerprint density at radius 2 is 2.12 bits per heavy atom. The van der Waals surface area contributed by atoms with Crippen LogP contribution in [0, 0.1) is 0 Å². The van der Waals surface area contributed by atoms with Gasteiger partial charge in [0.1, 0.15) is 5.52 Å². The maximum atomic E-state index is 12.4. The fourth-order valence-corrected chi connectivity index (χ4v) is 1.36. The zero-order valence-electron chi connectivity index (χ0n) is 8.71. The molecule has 1 aromatic carbocycles. The summed E-state index contributed by atoms with van der Waals surface area (Å²) in [6, 6.07) is 3.33. The monoisotopic (exact) mass is 245 g/mol. The molecule has 17 heavy (non-hydrogen) atoms. The van der Waals surface area contributed by atoms with Crippen molar-refractivity contribution < 1.29 is 17.6 Å². The van der Waals surface area contributed by atoms with E-state index in [1.165, 1.54) is 6.07 Å². The van der Waals surface area contributed by atoms with Crippen LogP contribution >= 0.6 is 0 Å². The zero-order chi connectivity index (χ0) is 12.5. The number of oxazole rings is 1. The summed E-state index contributed by atoms with van der Waals surface area (Å²) in [5.41, 5.74) is 4.99. The molecule has 1 aromatic heterocycles. The van der Waals surface area contributed by atoms with Gasteiger partial charge in [0.05, 0.1) is 5.56 Å². The molecule has 1 heterocycles. The van der Waals surface area contributed by atoms with Crippen LogP contribution in [0.25, 0.3) is 11.1 Å². The largest absolute Gasteiger partial charge is 0.424 e. The number of anilines is 1. The molecule has 0 fully saturated rings. The average molecular weight is 245 g/mol. The molecule has 0 bridgehead atoms. The van der Waals surface area contributed by atoms with Gasteiger partial charge in [0.25, 0.3) is 6.01 Å². The topological polar surface area (TPSA) is 64.1 Å². The fraction of sp³-hybridized carbons (Fsp3) is 0.300. The van der Waals surface area contributed by atoms with E-state index in [1.54, 1.807) is 0 Å². The summed E-state index contributed by atoms with van der Waals surface area (Å²) in [6.07, 6.45) is -4.38. The Bertz CT molecular complexity index is 521. The predicted octanol–water partition coefficient (Wildman–Crippen LogP) is 2.22. The van der Waals surface area contributed by atoms with E-state index in [4.69, 9.17) is 10.2 Å². The van der Waals surface area contributed by atoms with Crippen LogP contribution in [0.4, 0.5) is 19.2 Å². The molecule has 0 aliphatic rings. The van der Waals surface area contributed by atoms with E-state index in [1.807, 2.05) is 0 Å². The molecule has 0 atom stereocenters. The molecule has 3 N–H and O–H groups in total. The number of benzene rings is 1. The number of halogens is 3. The second-order valence-electron chi connectivity index (χ2n) is 3.41. The first-order chi connectivity index (χ1) is 8.00. The van der Waals surface area contributed by atoms with Crippen LogP contribution in [0.15, 0.2) is 22.6 Å². The Balaban J connectivity index is 2.34. The van der Waals surface area contributed by atoms with E-state index in [9.17, 15) is 13.2 Å². The van der Waals surface area contributed by atoms with Gasteiger partial charge >= 0.3 is 6.18 Å². The lowest BCUT2D eigenvalue weighted by molar-refractivity contribution is -0.137. The summed E-state index contributed by atoms with van der Waals surface area (Å²) < 4.78 is 42.5. The molecule has 0 unspecified atom stereocenters. The van der Waals surface area contributed by atoms with Crippen LogP contribution < -0.4 is 11.1 Å². The Kier molecular flexibility index (Phi) is 2.93. The summed E-state index contributed by atoms with van der Waals surface area (Å²) in [7, 11) is 0. The molecule has 92 valence electrons. The number of alkyl halides is 3. The lowest BCUT2D eigenvalue weighted by Crippen LogP contribution is -2.13. The van der Waals surface area contributed by atoms with Gasteiger partial charge in [0.15, 0.2) is 5.58 Å². The first-order valence-corrected chi connectivity index (χ1v) is 4.92. The molecule has 7 heteroatoms. The highest BCUT2D eigenvalue weighted by Gasteiger charge is 2.30. The van der Waals surface area contributed by atoms with Crippen molar-refractivity contribution in [1.82, 2.24) is 4.98 Å². The molecule has 0 radical (unpaired) electrons. The first kappa shape index (κ1) is 11.7. The Morgan fingerprint density at radius 3 is 2.76 bits per heavy atom. The lowest BCUT2D eigenvalue weighted by atomic mass is 10.2. The van der Waals surface area contributed by atoms with Crippen molar-refractivity contribution in [3.63, 3.8) is 0 Å². The molecular weight excluding hydrogens is 235 g/mol. The highest BCUT2D eigenvalue weighted by Crippen LogP contribution is 2.31. The molecule has 0 saturated heterocycles. The van der Waals surface area contributed by atoms with Gasteiger partial charge in [-0.1, -0.05) is 0 Å². The first-order valence-electron chi connectivity index (χ1n) is 4.92. The van der Waals surface area contributed by atoms with Crippen molar-refractivity contribution in [3.8, 4) is 0 Å². The van der Waals surface area contributed by atoms with Crippen LogP contribution in [0.5, 0.6) is 0 Å². The van der Waals surface area contributed by atoms with Gasteiger partial charge in [-0.15, -0.1) is 0 Å².